The molecule has 1 amide bonds. The van der Waals surface area contributed by atoms with Crippen LogP contribution in [0.4, 0.5) is 10.1 Å². The number of nitrogens with one attached hydrogen (secondary N) is 1. The average Bonchev–Trinajstić information content (AvgIpc) is 2.79. The number of aryl methyl sites for hydroxylation is 1. The van der Waals surface area contributed by atoms with E-state index in [1.54, 1.807) is 24.9 Å². The maximum atomic E-state index is 13.0. The normalized spacial score (nSPS) is 12.2. The summed E-state index contributed by atoms with van der Waals surface area (Å²) in [5.74, 6) is -0.744. The van der Waals surface area contributed by atoms with Crippen LogP contribution in [0.1, 0.15) is 6.92 Å². The van der Waals surface area contributed by atoms with Crippen LogP contribution in [-0.2, 0) is 11.8 Å². The van der Waals surface area contributed by atoms with Crippen LogP contribution in [0, 0.1) is 5.82 Å². The molecule has 2 rings (SSSR count). The molecule has 2 aromatic rings. The molecule has 0 spiro atoms. The van der Waals surface area contributed by atoms with Crippen molar-refractivity contribution in [2.24, 2.45) is 7.05 Å². The van der Waals surface area contributed by atoms with Gasteiger partial charge in [0.1, 0.15) is 12.1 Å². The number of rotatable bonds is 4. The summed E-state index contributed by atoms with van der Waals surface area (Å²) in [7, 11) is 1.80. The van der Waals surface area contributed by atoms with Crippen molar-refractivity contribution in [1.82, 2.24) is 14.8 Å². The standard InChI is InChI=1S/C12H12ClFN4OS/c1-7(20-12-17-15-6-18(12)2)11(19)16-8-3-4-10(14)9(13)5-8/h3-7H,1-2H3,(H,16,19)/t7-/m1/s1. The molecule has 8 heteroatoms. The van der Waals surface area contributed by atoms with E-state index in [9.17, 15) is 9.18 Å². The van der Waals surface area contributed by atoms with Crippen molar-refractivity contribution < 1.29 is 9.18 Å². The van der Waals surface area contributed by atoms with Gasteiger partial charge in [-0.2, -0.15) is 0 Å². The molecular formula is C12H12ClFN4OS. The van der Waals surface area contributed by atoms with Crippen molar-refractivity contribution >= 4 is 35.0 Å². The van der Waals surface area contributed by atoms with E-state index >= 15 is 0 Å². The molecule has 0 fully saturated rings. The second kappa shape index (κ2) is 6.23. The van der Waals surface area contributed by atoms with Gasteiger partial charge in [-0.25, -0.2) is 4.39 Å². The zero-order valence-corrected chi connectivity index (χ0v) is 12.4. The molecule has 1 aromatic carbocycles. The molecule has 1 aromatic heterocycles. The maximum Gasteiger partial charge on any atom is 0.237 e. The van der Waals surface area contributed by atoms with E-state index in [2.05, 4.69) is 15.5 Å². The molecule has 0 aliphatic rings. The van der Waals surface area contributed by atoms with Gasteiger partial charge in [-0.1, -0.05) is 23.4 Å². The van der Waals surface area contributed by atoms with Crippen LogP contribution in [0.2, 0.25) is 5.02 Å². The molecule has 20 heavy (non-hydrogen) atoms. The Labute approximate surface area is 124 Å². The second-order valence-electron chi connectivity index (χ2n) is 4.10. The Bertz CT molecular complexity index is 634. The first-order valence-corrected chi connectivity index (χ1v) is 6.99. The van der Waals surface area contributed by atoms with Crippen LogP contribution in [0.15, 0.2) is 29.7 Å². The van der Waals surface area contributed by atoms with Crippen molar-refractivity contribution in [2.75, 3.05) is 5.32 Å². The Hall–Kier alpha value is -1.60. The van der Waals surface area contributed by atoms with Crippen LogP contribution in [0.5, 0.6) is 0 Å². The number of amides is 1. The lowest BCUT2D eigenvalue weighted by atomic mass is 10.3. The lowest BCUT2D eigenvalue weighted by Gasteiger charge is -2.11. The Morgan fingerprint density at radius 3 is 2.90 bits per heavy atom. The minimum Gasteiger partial charge on any atom is -0.325 e. The Kier molecular flexibility index (Phi) is 4.61. The SMILES string of the molecule is C[C@@H](Sc1nncn1C)C(=O)Nc1ccc(F)c(Cl)c1. The van der Waals surface area contributed by atoms with Crippen LogP contribution in [0.25, 0.3) is 0 Å². The molecule has 1 N–H and O–H groups in total. The first-order chi connectivity index (χ1) is 9.47. The van der Waals surface area contributed by atoms with E-state index in [0.717, 1.165) is 0 Å². The first kappa shape index (κ1) is 14.8. The van der Waals surface area contributed by atoms with Crippen LogP contribution < -0.4 is 5.32 Å². The van der Waals surface area contributed by atoms with E-state index in [0.29, 0.717) is 10.8 Å². The van der Waals surface area contributed by atoms with Crippen molar-refractivity contribution in [2.45, 2.75) is 17.3 Å². The molecule has 0 radical (unpaired) electrons. The number of carbonyl (C=O) groups excluding carboxylic acids is 1. The molecule has 1 heterocycles. The largest absolute Gasteiger partial charge is 0.325 e. The zero-order valence-electron chi connectivity index (χ0n) is 10.8. The molecule has 106 valence electrons. The molecular weight excluding hydrogens is 303 g/mol. The van der Waals surface area contributed by atoms with Crippen LogP contribution >= 0.6 is 23.4 Å². The highest BCUT2D eigenvalue weighted by Crippen LogP contribution is 2.23. The molecule has 5 nitrogen and oxygen atoms in total. The lowest BCUT2D eigenvalue weighted by Crippen LogP contribution is -2.22. The molecule has 0 bridgehead atoms. The van der Waals surface area contributed by atoms with Gasteiger partial charge in [0.15, 0.2) is 5.16 Å². The number of carbonyl (C=O) groups is 1. The fourth-order valence-corrected chi connectivity index (χ4v) is 2.38. The molecule has 0 aliphatic carbocycles. The fourth-order valence-electron chi connectivity index (χ4n) is 1.41. The summed E-state index contributed by atoms with van der Waals surface area (Å²) in [5, 5.41) is 10.5. The topological polar surface area (TPSA) is 59.8 Å². The Balaban J connectivity index is 2.00. The quantitative estimate of drug-likeness (QED) is 0.882. The number of thioether (sulfide) groups is 1. The van der Waals surface area contributed by atoms with Gasteiger partial charge in [-0.15, -0.1) is 10.2 Å². The van der Waals surface area contributed by atoms with E-state index < -0.39 is 5.82 Å². The number of aromatic nitrogens is 3. The van der Waals surface area contributed by atoms with Crippen LogP contribution in [0.3, 0.4) is 0 Å². The van der Waals surface area contributed by atoms with Crippen molar-refractivity contribution in [3.63, 3.8) is 0 Å². The van der Waals surface area contributed by atoms with Crippen molar-refractivity contribution in [3.05, 3.63) is 35.4 Å². The summed E-state index contributed by atoms with van der Waals surface area (Å²) in [6, 6.07) is 4.03. The third-order valence-corrected chi connectivity index (χ3v) is 3.95. The summed E-state index contributed by atoms with van der Waals surface area (Å²) in [6.45, 7) is 1.75. The monoisotopic (exact) mass is 314 g/mol. The summed E-state index contributed by atoms with van der Waals surface area (Å²) in [4.78, 5) is 12.0. The van der Waals surface area contributed by atoms with Crippen molar-refractivity contribution in [1.29, 1.82) is 0 Å². The fraction of sp³-hybridized carbons (Fsp3) is 0.250. The average molecular weight is 315 g/mol. The van der Waals surface area contributed by atoms with Gasteiger partial charge in [0.05, 0.1) is 10.3 Å². The van der Waals surface area contributed by atoms with E-state index in [1.165, 1.54) is 30.0 Å². The van der Waals surface area contributed by atoms with Gasteiger partial charge >= 0.3 is 0 Å². The van der Waals surface area contributed by atoms with Crippen molar-refractivity contribution in [3.8, 4) is 0 Å². The molecule has 0 aliphatic heterocycles. The van der Waals surface area contributed by atoms with E-state index in [4.69, 9.17) is 11.6 Å². The summed E-state index contributed by atoms with van der Waals surface area (Å²) < 4.78 is 14.7. The third kappa shape index (κ3) is 3.49. The molecule has 1 atom stereocenters. The van der Waals surface area contributed by atoms with Gasteiger partial charge in [-0.05, 0) is 25.1 Å². The predicted molar refractivity (Wildman–Crippen MR) is 76.4 cm³/mol. The van der Waals surface area contributed by atoms with E-state index in [1.807, 2.05) is 0 Å². The van der Waals surface area contributed by atoms with Gasteiger partial charge in [0, 0.05) is 12.7 Å². The summed E-state index contributed by atoms with van der Waals surface area (Å²) in [5.41, 5.74) is 0.451. The highest BCUT2D eigenvalue weighted by atomic mass is 35.5. The van der Waals surface area contributed by atoms with Crippen LogP contribution in [-0.4, -0.2) is 25.9 Å². The lowest BCUT2D eigenvalue weighted by molar-refractivity contribution is -0.115. The highest BCUT2D eigenvalue weighted by molar-refractivity contribution is 8.00. The van der Waals surface area contributed by atoms with Gasteiger partial charge in [0.2, 0.25) is 5.91 Å². The predicted octanol–water partition coefficient (Wildman–Crippen LogP) is 2.73. The maximum absolute atomic E-state index is 13.0. The van der Waals surface area contributed by atoms with Gasteiger partial charge in [0.25, 0.3) is 0 Å². The van der Waals surface area contributed by atoms with E-state index in [-0.39, 0.29) is 16.2 Å². The summed E-state index contributed by atoms with van der Waals surface area (Å²) in [6.07, 6.45) is 1.56. The smallest absolute Gasteiger partial charge is 0.237 e. The minimum absolute atomic E-state index is 0.0311. The summed E-state index contributed by atoms with van der Waals surface area (Å²) >= 11 is 6.94. The molecule has 0 saturated heterocycles. The Morgan fingerprint density at radius 1 is 1.55 bits per heavy atom. The Morgan fingerprint density at radius 2 is 2.30 bits per heavy atom. The number of benzene rings is 1. The highest BCUT2D eigenvalue weighted by Gasteiger charge is 2.17. The number of hydrogen-bond donors (Lipinski definition) is 1. The van der Waals surface area contributed by atoms with Gasteiger partial charge in [-0.3, -0.25) is 4.79 Å². The second-order valence-corrected chi connectivity index (χ2v) is 5.82. The molecule has 0 unspecified atom stereocenters. The number of nitrogens with zero attached hydrogens (tertiary/aromatic N) is 3. The number of halogens is 2. The number of hydrogen-bond acceptors (Lipinski definition) is 4. The van der Waals surface area contributed by atoms with Gasteiger partial charge < -0.3 is 9.88 Å². The first-order valence-electron chi connectivity index (χ1n) is 5.74. The minimum atomic E-state index is -0.522. The zero-order chi connectivity index (χ0) is 14.7. The molecule has 0 saturated carbocycles. The number of anilines is 1. The third-order valence-electron chi connectivity index (χ3n) is 2.51.